The minimum absolute atomic E-state index is 0.256. The van der Waals surface area contributed by atoms with Crippen molar-refractivity contribution in [1.82, 2.24) is 5.32 Å². The Balaban J connectivity index is 2.60. The number of alkyl halides is 3. The Morgan fingerprint density at radius 2 is 1.84 bits per heavy atom. The molecule has 0 saturated carbocycles. The van der Waals surface area contributed by atoms with Gasteiger partial charge < -0.3 is 5.32 Å². The first-order valence-corrected chi connectivity index (χ1v) is 5.92. The van der Waals surface area contributed by atoms with Gasteiger partial charge in [-0.15, -0.1) is 0 Å². The molecule has 0 saturated heterocycles. The molecule has 0 heterocycles. The minimum Gasteiger partial charge on any atom is -0.352 e. The predicted molar refractivity (Wildman–Crippen MR) is 68.3 cm³/mol. The maximum atomic E-state index is 12.3. The summed E-state index contributed by atoms with van der Waals surface area (Å²) in [7, 11) is 0. The molecule has 1 aromatic rings. The lowest BCUT2D eigenvalue weighted by atomic mass is 10.1. The third kappa shape index (κ3) is 5.59. The number of carbonyl (C=O) groups is 1. The molecular weight excluding hydrogens is 255 g/mol. The molecule has 1 N–H and O–H groups in total. The summed E-state index contributed by atoms with van der Waals surface area (Å²) in [6.45, 7) is 4.51. The topological polar surface area (TPSA) is 29.1 Å². The maximum Gasteiger partial charge on any atom is 0.416 e. The molecule has 0 spiro atoms. The van der Waals surface area contributed by atoms with Gasteiger partial charge in [-0.3, -0.25) is 4.79 Å². The van der Waals surface area contributed by atoms with Crippen LogP contribution in [0.4, 0.5) is 13.2 Å². The van der Waals surface area contributed by atoms with E-state index in [2.05, 4.69) is 5.32 Å². The quantitative estimate of drug-likeness (QED) is 0.834. The summed E-state index contributed by atoms with van der Waals surface area (Å²) in [5.74, 6) is 0.0945. The third-order valence-corrected chi connectivity index (χ3v) is 2.35. The molecule has 1 amide bonds. The average Bonchev–Trinajstić information content (AvgIpc) is 2.33. The molecule has 1 aromatic carbocycles. The highest BCUT2D eigenvalue weighted by Crippen LogP contribution is 2.29. The van der Waals surface area contributed by atoms with Gasteiger partial charge in [0.1, 0.15) is 0 Å². The molecule has 0 unspecified atom stereocenters. The zero-order valence-electron chi connectivity index (χ0n) is 10.8. The van der Waals surface area contributed by atoms with Crippen LogP contribution in [0.1, 0.15) is 25.0 Å². The SMILES string of the molecule is CC(C)CNC(=O)/C=C/c1ccc(C(F)(F)F)cc1. The highest BCUT2D eigenvalue weighted by atomic mass is 19.4. The van der Waals surface area contributed by atoms with E-state index in [0.29, 0.717) is 18.0 Å². The van der Waals surface area contributed by atoms with Gasteiger partial charge in [-0.1, -0.05) is 26.0 Å². The van der Waals surface area contributed by atoms with Crippen molar-refractivity contribution in [2.75, 3.05) is 6.54 Å². The Labute approximate surface area is 110 Å². The molecular formula is C14H16F3NO. The number of rotatable bonds is 4. The summed E-state index contributed by atoms with van der Waals surface area (Å²) in [6, 6.07) is 4.64. The lowest BCUT2D eigenvalue weighted by molar-refractivity contribution is -0.137. The summed E-state index contributed by atoms with van der Waals surface area (Å²) in [4.78, 5) is 11.4. The van der Waals surface area contributed by atoms with E-state index in [4.69, 9.17) is 0 Å². The van der Waals surface area contributed by atoms with Crippen molar-refractivity contribution in [3.8, 4) is 0 Å². The van der Waals surface area contributed by atoms with Crippen molar-refractivity contribution in [3.63, 3.8) is 0 Å². The molecule has 0 aliphatic rings. The second-order valence-electron chi connectivity index (χ2n) is 4.59. The second-order valence-corrected chi connectivity index (χ2v) is 4.59. The monoisotopic (exact) mass is 271 g/mol. The van der Waals surface area contributed by atoms with Gasteiger partial charge in [0.15, 0.2) is 0 Å². The van der Waals surface area contributed by atoms with Crippen LogP contribution in [0.5, 0.6) is 0 Å². The average molecular weight is 271 g/mol. The molecule has 2 nitrogen and oxygen atoms in total. The van der Waals surface area contributed by atoms with Crippen LogP contribution in [0.15, 0.2) is 30.3 Å². The normalized spacial score (nSPS) is 12.1. The van der Waals surface area contributed by atoms with Crippen LogP contribution in [0.3, 0.4) is 0 Å². The largest absolute Gasteiger partial charge is 0.416 e. The van der Waals surface area contributed by atoms with Crippen LogP contribution in [-0.2, 0) is 11.0 Å². The van der Waals surface area contributed by atoms with Gasteiger partial charge in [0.05, 0.1) is 5.56 Å². The first-order chi connectivity index (χ1) is 8.79. The molecule has 104 valence electrons. The molecule has 5 heteroatoms. The number of amides is 1. The van der Waals surface area contributed by atoms with Gasteiger partial charge in [0, 0.05) is 12.6 Å². The Bertz CT molecular complexity index is 447. The minimum atomic E-state index is -4.34. The second kappa shape index (κ2) is 6.41. The molecule has 1 rings (SSSR count). The molecule has 0 radical (unpaired) electrons. The van der Waals surface area contributed by atoms with Crippen LogP contribution >= 0.6 is 0 Å². The molecule has 0 aromatic heterocycles. The Hall–Kier alpha value is -1.78. The number of nitrogens with one attached hydrogen (secondary N) is 1. The summed E-state index contributed by atoms with van der Waals surface area (Å²) < 4.78 is 37.0. The lowest BCUT2D eigenvalue weighted by Gasteiger charge is -2.06. The number of carbonyl (C=O) groups excluding carboxylic acids is 1. The van der Waals surface area contributed by atoms with Gasteiger partial charge >= 0.3 is 6.18 Å². The van der Waals surface area contributed by atoms with Crippen molar-refractivity contribution in [1.29, 1.82) is 0 Å². The summed E-state index contributed by atoms with van der Waals surface area (Å²) >= 11 is 0. The van der Waals surface area contributed by atoms with E-state index in [-0.39, 0.29) is 5.91 Å². The van der Waals surface area contributed by atoms with E-state index in [9.17, 15) is 18.0 Å². The van der Waals surface area contributed by atoms with Crippen LogP contribution in [0.25, 0.3) is 6.08 Å². The molecule has 0 aliphatic carbocycles. The van der Waals surface area contributed by atoms with Crippen molar-refractivity contribution < 1.29 is 18.0 Å². The van der Waals surface area contributed by atoms with E-state index in [0.717, 1.165) is 12.1 Å². The molecule has 0 fully saturated rings. The first-order valence-electron chi connectivity index (χ1n) is 5.92. The maximum absolute atomic E-state index is 12.3. The Morgan fingerprint density at radius 1 is 1.26 bits per heavy atom. The van der Waals surface area contributed by atoms with Gasteiger partial charge in [0.2, 0.25) is 5.91 Å². The zero-order valence-corrected chi connectivity index (χ0v) is 10.8. The van der Waals surface area contributed by atoms with E-state index in [1.54, 1.807) is 0 Å². The van der Waals surface area contributed by atoms with Crippen molar-refractivity contribution in [2.24, 2.45) is 5.92 Å². The summed E-state index contributed by atoms with van der Waals surface area (Å²) in [5, 5.41) is 2.68. The molecule has 0 aliphatic heterocycles. The van der Waals surface area contributed by atoms with E-state index in [1.807, 2.05) is 13.8 Å². The van der Waals surface area contributed by atoms with E-state index in [1.165, 1.54) is 24.3 Å². The number of hydrogen-bond acceptors (Lipinski definition) is 1. The van der Waals surface area contributed by atoms with Gasteiger partial charge in [-0.2, -0.15) is 13.2 Å². The molecule has 0 bridgehead atoms. The Kier molecular flexibility index (Phi) is 5.15. The van der Waals surface area contributed by atoms with Crippen LogP contribution < -0.4 is 5.32 Å². The van der Waals surface area contributed by atoms with Crippen LogP contribution in [-0.4, -0.2) is 12.5 Å². The predicted octanol–water partition coefficient (Wildman–Crippen LogP) is 3.49. The standard InChI is InChI=1S/C14H16F3NO/c1-10(2)9-18-13(19)8-5-11-3-6-12(7-4-11)14(15,16)17/h3-8,10H,9H2,1-2H3,(H,18,19)/b8-5+. The lowest BCUT2D eigenvalue weighted by Crippen LogP contribution is -2.25. The Morgan fingerprint density at radius 3 is 2.32 bits per heavy atom. The van der Waals surface area contributed by atoms with E-state index >= 15 is 0 Å². The highest BCUT2D eigenvalue weighted by molar-refractivity contribution is 5.91. The zero-order chi connectivity index (χ0) is 14.5. The number of hydrogen-bond donors (Lipinski definition) is 1. The van der Waals surface area contributed by atoms with E-state index < -0.39 is 11.7 Å². The summed E-state index contributed by atoms with van der Waals surface area (Å²) in [5.41, 5.74) is -0.151. The third-order valence-electron chi connectivity index (χ3n) is 2.35. The highest BCUT2D eigenvalue weighted by Gasteiger charge is 2.29. The van der Waals surface area contributed by atoms with Gasteiger partial charge in [-0.05, 0) is 29.7 Å². The number of halogens is 3. The van der Waals surface area contributed by atoms with Crippen molar-refractivity contribution >= 4 is 12.0 Å². The fraction of sp³-hybridized carbons (Fsp3) is 0.357. The van der Waals surface area contributed by atoms with Gasteiger partial charge in [0.25, 0.3) is 0 Å². The molecule has 0 atom stereocenters. The van der Waals surface area contributed by atoms with Gasteiger partial charge in [-0.25, -0.2) is 0 Å². The van der Waals surface area contributed by atoms with Crippen molar-refractivity contribution in [3.05, 3.63) is 41.5 Å². The smallest absolute Gasteiger partial charge is 0.352 e. The number of benzene rings is 1. The fourth-order valence-electron chi connectivity index (χ4n) is 1.32. The first kappa shape index (κ1) is 15.3. The van der Waals surface area contributed by atoms with Crippen LogP contribution in [0.2, 0.25) is 0 Å². The van der Waals surface area contributed by atoms with Crippen molar-refractivity contribution in [2.45, 2.75) is 20.0 Å². The fourth-order valence-corrected chi connectivity index (χ4v) is 1.32. The molecule has 19 heavy (non-hydrogen) atoms. The van der Waals surface area contributed by atoms with Crippen LogP contribution in [0, 0.1) is 5.92 Å². The summed E-state index contributed by atoms with van der Waals surface area (Å²) in [6.07, 6.45) is -1.54.